The summed E-state index contributed by atoms with van der Waals surface area (Å²) in [6, 6.07) is -1.21. The second kappa shape index (κ2) is 13.6. The van der Waals surface area contributed by atoms with E-state index in [-0.39, 0.29) is 0 Å². The summed E-state index contributed by atoms with van der Waals surface area (Å²) in [5.41, 5.74) is -2.72. The minimum Gasteiger partial charge on any atom is -0.478 e. The molecule has 0 aromatic carbocycles. The lowest BCUT2D eigenvalue weighted by Gasteiger charge is -2.36. The molecule has 1 heterocycles. The molecule has 208 valence electrons. The Bertz CT molecular complexity index is 930. The highest BCUT2D eigenvalue weighted by molar-refractivity contribution is 5.87. The highest BCUT2D eigenvalue weighted by atomic mass is 16.6. The van der Waals surface area contributed by atoms with Crippen LogP contribution in [-0.4, -0.2) is 91.6 Å². The smallest absolute Gasteiger partial charge is 0.329 e. The van der Waals surface area contributed by atoms with Crippen molar-refractivity contribution in [1.82, 2.24) is 5.32 Å². The summed E-state index contributed by atoms with van der Waals surface area (Å²) in [5, 5.41) is 52.6. The van der Waals surface area contributed by atoms with Gasteiger partial charge in [-0.2, -0.15) is 0 Å². The SMILES string of the molecule is CC=C(C)C(O)C(C)(O)C(O)C(O)C(=O)NC(C(=O)OC(C=CC=CC=CC(=O)O)C1(C)CO1)C(C)C. The summed E-state index contributed by atoms with van der Waals surface area (Å²) in [7, 11) is 0. The predicted octanol–water partition coefficient (Wildman–Crippen LogP) is 0.381. The highest BCUT2D eigenvalue weighted by Gasteiger charge is 2.49. The summed E-state index contributed by atoms with van der Waals surface area (Å²) >= 11 is 0. The fourth-order valence-corrected chi connectivity index (χ4v) is 3.26. The highest BCUT2D eigenvalue weighted by Crippen LogP contribution is 2.33. The van der Waals surface area contributed by atoms with Gasteiger partial charge in [0, 0.05) is 6.08 Å². The van der Waals surface area contributed by atoms with Gasteiger partial charge in [-0.15, -0.1) is 0 Å². The number of nitrogens with one attached hydrogen (secondary N) is 1. The van der Waals surface area contributed by atoms with E-state index in [1.54, 1.807) is 45.9 Å². The van der Waals surface area contributed by atoms with Crippen molar-refractivity contribution in [1.29, 1.82) is 0 Å². The number of carboxylic acid groups (broad SMARTS) is 1. The van der Waals surface area contributed by atoms with Crippen molar-refractivity contribution >= 4 is 17.8 Å². The molecule has 11 nitrogen and oxygen atoms in total. The third-order valence-corrected chi connectivity index (χ3v) is 6.13. The van der Waals surface area contributed by atoms with E-state index in [9.17, 15) is 34.8 Å². The second-order valence-electron chi connectivity index (χ2n) is 9.71. The number of hydrogen-bond donors (Lipinski definition) is 6. The molecule has 37 heavy (non-hydrogen) atoms. The van der Waals surface area contributed by atoms with Gasteiger partial charge in [-0.1, -0.05) is 44.2 Å². The fourth-order valence-electron chi connectivity index (χ4n) is 3.26. The Morgan fingerprint density at radius 3 is 2.16 bits per heavy atom. The van der Waals surface area contributed by atoms with Crippen LogP contribution in [0.4, 0.5) is 0 Å². The average molecular weight is 526 g/mol. The van der Waals surface area contributed by atoms with Crippen molar-refractivity contribution in [2.75, 3.05) is 6.61 Å². The van der Waals surface area contributed by atoms with E-state index < -0.39 is 65.4 Å². The number of hydrogen-bond acceptors (Lipinski definition) is 9. The number of carbonyl (C=O) groups is 3. The summed E-state index contributed by atoms with van der Waals surface area (Å²) in [6.45, 7) is 9.55. The lowest BCUT2D eigenvalue weighted by molar-refractivity contribution is -0.171. The molecule has 1 aliphatic heterocycles. The predicted molar refractivity (Wildman–Crippen MR) is 134 cm³/mol. The molecule has 0 radical (unpaired) electrons. The van der Waals surface area contributed by atoms with Gasteiger partial charge < -0.3 is 40.3 Å². The fraction of sp³-hybridized carbons (Fsp3) is 0.577. The third kappa shape index (κ3) is 9.20. The quantitative estimate of drug-likeness (QED) is 0.0609. The van der Waals surface area contributed by atoms with Crippen LogP contribution in [0.3, 0.4) is 0 Å². The molecule has 0 aliphatic carbocycles. The van der Waals surface area contributed by atoms with Gasteiger partial charge in [-0.3, -0.25) is 4.79 Å². The minimum absolute atomic E-state index is 0.322. The normalized spacial score (nSPS) is 24.0. The number of epoxide rings is 1. The molecule has 0 saturated carbocycles. The average Bonchev–Trinajstić information content (AvgIpc) is 3.59. The maximum Gasteiger partial charge on any atom is 0.329 e. The Morgan fingerprint density at radius 1 is 1.11 bits per heavy atom. The Hall–Kier alpha value is -2.83. The number of carbonyl (C=O) groups excluding carboxylic acids is 2. The van der Waals surface area contributed by atoms with Crippen LogP contribution in [0.25, 0.3) is 0 Å². The number of esters is 1. The Balaban J connectivity index is 2.96. The van der Waals surface area contributed by atoms with Gasteiger partial charge in [0.05, 0.1) is 6.61 Å². The summed E-state index contributed by atoms with van der Waals surface area (Å²) < 4.78 is 11.0. The van der Waals surface area contributed by atoms with Crippen molar-refractivity contribution in [3.63, 3.8) is 0 Å². The van der Waals surface area contributed by atoms with E-state index in [0.717, 1.165) is 13.0 Å². The van der Waals surface area contributed by atoms with Gasteiger partial charge in [0.2, 0.25) is 0 Å². The molecule has 1 saturated heterocycles. The first-order chi connectivity index (χ1) is 17.1. The monoisotopic (exact) mass is 525 g/mol. The van der Waals surface area contributed by atoms with Crippen LogP contribution in [0.2, 0.25) is 0 Å². The Labute approximate surface area is 216 Å². The van der Waals surface area contributed by atoms with Crippen LogP contribution in [0.1, 0.15) is 41.5 Å². The first-order valence-corrected chi connectivity index (χ1v) is 11.9. The minimum atomic E-state index is -2.26. The lowest BCUT2D eigenvalue weighted by atomic mass is 9.85. The van der Waals surface area contributed by atoms with Crippen molar-refractivity contribution in [2.24, 2.45) is 5.92 Å². The molecule has 7 atom stereocenters. The number of aliphatic hydroxyl groups excluding tert-OH is 3. The van der Waals surface area contributed by atoms with Gasteiger partial charge in [0.1, 0.15) is 29.5 Å². The van der Waals surface area contributed by atoms with Crippen LogP contribution < -0.4 is 5.32 Å². The Kier molecular flexibility index (Phi) is 11.9. The molecule has 1 fully saturated rings. The molecule has 1 aliphatic rings. The lowest BCUT2D eigenvalue weighted by Crippen LogP contribution is -2.60. The molecule has 7 unspecified atom stereocenters. The van der Waals surface area contributed by atoms with E-state index in [0.29, 0.717) is 12.2 Å². The first-order valence-electron chi connectivity index (χ1n) is 11.9. The molecule has 0 spiro atoms. The van der Waals surface area contributed by atoms with E-state index in [4.69, 9.17) is 14.6 Å². The summed E-state index contributed by atoms with van der Waals surface area (Å²) in [5.74, 6) is -3.52. The molecule has 0 aromatic rings. The molecular weight excluding hydrogens is 486 g/mol. The summed E-state index contributed by atoms with van der Waals surface area (Å²) in [4.78, 5) is 36.2. The van der Waals surface area contributed by atoms with Crippen molar-refractivity contribution in [3.8, 4) is 0 Å². The molecule has 0 bridgehead atoms. The van der Waals surface area contributed by atoms with Gasteiger partial charge in [-0.25, -0.2) is 9.59 Å². The number of carboxylic acids is 1. The molecule has 6 N–H and O–H groups in total. The largest absolute Gasteiger partial charge is 0.478 e. The molecule has 11 heteroatoms. The number of aliphatic carboxylic acids is 1. The van der Waals surface area contributed by atoms with E-state index in [2.05, 4.69) is 5.32 Å². The maximum absolute atomic E-state index is 13.0. The molecule has 1 amide bonds. The molecule has 0 aromatic heterocycles. The van der Waals surface area contributed by atoms with Crippen LogP contribution in [0, 0.1) is 5.92 Å². The standard InChI is InChI=1S/C26H39NO10/c1-7-16(4)21(31)26(6,35)22(32)20(30)23(33)27-19(15(2)3)24(34)37-17(25(5)14-36-25)12-10-8-9-11-13-18(28)29/h7-13,15,17,19-22,30-32,35H,14H2,1-6H3,(H,27,33)(H,28,29). The number of aliphatic hydroxyl groups is 4. The van der Waals surface area contributed by atoms with Crippen molar-refractivity contribution in [3.05, 3.63) is 48.1 Å². The van der Waals surface area contributed by atoms with E-state index in [1.807, 2.05) is 0 Å². The van der Waals surface area contributed by atoms with Crippen LogP contribution in [0.15, 0.2) is 48.1 Å². The van der Waals surface area contributed by atoms with Gasteiger partial charge >= 0.3 is 11.9 Å². The third-order valence-electron chi connectivity index (χ3n) is 6.13. The number of rotatable bonds is 14. The maximum atomic E-state index is 13.0. The van der Waals surface area contributed by atoms with Gasteiger partial charge in [-0.05, 0) is 45.3 Å². The zero-order valence-electron chi connectivity index (χ0n) is 22.0. The number of ether oxygens (including phenoxy) is 2. The zero-order chi connectivity index (χ0) is 28.6. The van der Waals surface area contributed by atoms with Crippen LogP contribution in [-0.2, 0) is 23.9 Å². The van der Waals surface area contributed by atoms with E-state index in [1.165, 1.54) is 25.2 Å². The molecule has 1 rings (SSSR count). The number of amides is 1. The Morgan fingerprint density at radius 2 is 1.68 bits per heavy atom. The first kappa shape index (κ1) is 32.2. The van der Waals surface area contributed by atoms with E-state index >= 15 is 0 Å². The molecular formula is C26H39NO10. The van der Waals surface area contributed by atoms with Crippen molar-refractivity contribution < 1.29 is 49.4 Å². The summed E-state index contributed by atoms with van der Waals surface area (Å²) in [6.07, 6.45) is 3.30. The van der Waals surface area contributed by atoms with Crippen LogP contribution in [0.5, 0.6) is 0 Å². The topological polar surface area (TPSA) is 186 Å². The second-order valence-corrected chi connectivity index (χ2v) is 9.71. The van der Waals surface area contributed by atoms with Crippen LogP contribution >= 0.6 is 0 Å². The number of allylic oxidation sites excluding steroid dienone is 5. The van der Waals surface area contributed by atoms with Gasteiger partial charge in [0.25, 0.3) is 5.91 Å². The zero-order valence-corrected chi connectivity index (χ0v) is 22.0. The van der Waals surface area contributed by atoms with Crippen molar-refractivity contribution in [2.45, 2.75) is 83.2 Å². The van der Waals surface area contributed by atoms with Gasteiger partial charge in [0.15, 0.2) is 12.2 Å².